The third-order valence-corrected chi connectivity index (χ3v) is 16.0. The number of rotatable bonds is 63. The predicted octanol–water partition coefficient (Wildman–Crippen LogP) is 22.2. The normalized spacial score (nSPS) is 14.3. The first-order valence-corrected chi connectivity index (χ1v) is 37.0. The van der Waals surface area contributed by atoms with Crippen molar-refractivity contribution in [2.24, 2.45) is 0 Å². The van der Waals surface area contributed by atoms with Crippen LogP contribution in [0.2, 0.25) is 0 Å². The van der Waals surface area contributed by atoms with E-state index in [1.54, 1.807) is 0 Å². The van der Waals surface area contributed by atoms with Gasteiger partial charge in [0, 0.05) is 12.8 Å². The van der Waals surface area contributed by atoms with E-state index in [9.17, 15) is 19.0 Å². The highest BCUT2D eigenvalue weighted by atomic mass is 31.2. The minimum atomic E-state index is -4.72. The number of phosphoric ester groups is 1. The van der Waals surface area contributed by atoms with Crippen LogP contribution in [0.4, 0.5) is 0 Å². The smallest absolute Gasteiger partial charge is 0.306 e. The zero-order valence-corrected chi connectivity index (χ0v) is 57.8. The second-order valence-electron chi connectivity index (χ2n) is 24.6. The number of nitrogens with one attached hydrogen (secondary N) is 1. The molecule has 0 heterocycles. The molecule has 0 aliphatic heterocycles. The van der Waals surface area contributed by atoms with Crippen LogP contribution < -0.4 is 10.2 Å². The average Bonchev–Trinajstić information content (AvgIpc) is 3.69. The van der Waals surface area contributed by atoms with Crippen molar-refractivity contribution in [3.8, 4) is 0 Å². The van der Waals surface area contributed by atoms with E-state index in [2.05, 4.69) is 148 Å². The largest absolute Gasteiger partial charge is 0.756 e. The van der Waals surface area contributed by atoms with Gasteiger partial charge >= 0.3 is 5.97 Å². The van der Waals surface area contributed by atoms with E-state index in [1.807, 2.05) is 33.3 Å². The van der Waals surface area contributed by atoms with Gasteiger partial charge in [0.05, 0.1) is 33.8 Å². The van der Waals surface area contributed by atoms with Gasteiger partial charge in [-0.15, -0.1) is 0 Å². The summed E-state index contributed by atoms with van der Waals surface area (Å²) in [5, 5.41) is 3.02. The molecule has 87 heavy (non-hydrogen) atoms. The molecule has 0 aromatic carbocycles. The molecule has 498 valence electrons. The van der Waals surface area contributed by atoms with Crippen molar-refractivity contribution >= 4 is 19.7 Å². The molecule has 1 amide bonds. The molecule has 0 aromatic rings. The minimum Gasteiger partial charge on any atom is -0.756 e. The summed E-state index contributed by atoms with van der Waals surface area (Å²) in [5.41, 5.74) is 0. The standard InChI is InChI=1S/C77H133N2O7P/c1-7-10-13-16-19-22-25-28-30-32-34-36-38-39-41-43-45-47-49-52-55-58-61-64-67-70-77(81)86-75(68-65-62-59-56-53-50-27-24-21-18-15-12-9-3)74(73-85-87(82,83)84-72-71-79(4,5)6)78-76(80)69-66-63-60-57-54-51-48-46-44-42-40-37-35-33-31-29-26-23-20-17-14-11-8-2/h11,14,19-20,22-23,28-31,34-37,39,41-42,44,48,51,65,68,74-75H,7-10,12-13,15-18,21,24-27,32-33,38,40,43,45-47,49-50,52-64,66-67,69-73H2,1-6H3,(H-,78,80,82,83)/b14-11-,22-19-,23-20-,30-28-,31-29-,36-34-,37-35-,41-39-,44-42-,51-48-,68-65+. The van der Waals surface area contributed by atoms with Crippen LogP contribution in [-0.2, 0) is 27.9 Å². The van der Waals surface area contributed by atoms with Crippen LogP contribution in [0.1, 0.15) is 290 Å². The Balaban J connectivity index is 5.21. The van der Waals surface area contributed by atoms with Crippen molar-refractivity contribution in [2.75, 3.05) is 40.9 Å². The van der Waals surface area contributed by atoms with Crippen LogP contribution in [0.15, 0.2) is 134 Å². The molecule has 0 rings (SSSR count). The highest BCUT2D eigenvalue weighted by molar-refractivity contribution is 7.45. The highest BCUT2D eigenvalue weighted by Gasteiger charge is 2.27. The summed E-state index contributed by atoms with van der Waals surface area (Å²) in [7, 11) is 1.15. The van der Waals surface area contributed by atoms with Crippen LogP contribution in [0.5, 0.6) is 0 Å². The fraction of sp³-hybridized carbons (Fsp3) is 0.688. The lowest BCUT2D eigenvalue weighted by Crippen LogP contribution is -2.47. The first-order valence-electron chi connectivity index (χ1n) is 35.5. The highest BCUT2D eigenvalue weighted by Crippen LogP contribution is 2.38. The summed E-state index contributed by atoms with van der Waals surface area (Å²) in [6.07, 6.45) is 92.8. The molecule has 0 fully saturated rings. The average molecular weight is 1230 g/mol. The Bertz CT molecular complexity index is 1950. The molecule has 0 aliphatic rings. The van der Waals surface area contributed by atoms with Gasteiger partial charge in [0.1, 0.15) is 19.3 Å². The van der Waals surface area contributed by atoms with E-state index < -0.39 is 26.6 Å². The summed E-state index contributed by atoms with van der Waals surface area (Å²) in [6.45, 7) is 6.68. The van der Waals surface area contributed by atoms with Crippen LogP contribution in [0.25, 0.3) is 0 Å². The van der Waals surface area contributed by atoms with Crippen LogP contribution in [0.3, 0.4) is 0 Å². The number of carbonyl (C=O) groups is 2. The van der Waals surface area contributed by atoms with Crippen LogP contribution in [0, 0.1) is 0 Å². The Hall–Kier alpha value is -3.85. The maximum atomic E-state index is 13.6. The van der Waals surface area contributed by atoms with E-state index in [4.69, 9.17) is 13.8 Å². The summed E-state index contributed by atoms with van der Waals surface area (Å²) in [5.74, 6) is -0.581. The van der Waals surface area contributed by atoms with Crippen molar-refractivity contribution < 1.29 is 37.3 Å². The SMILES string of the molecule is CC/C=C\C/C=C\C/C=C\C/C=C\C/C=C\C/C=C\CCCCCCC(=O)NC(COP(=O)([O-])OCC[N+](C)(C)C)C(/C=C/CCCCCCCCCCCCC)OC(=O)CCCCCCCCCCC/C=C\C/C=C\C/C=C\C/C=C\CCCCC. The van der Waals surface area contributed by atoms with Gasteiger partial charge in [0.25, 0.3) is 7.82 Å². The van der Waals surface area contributed by atoms with Gasteiger partial charge in [-0.2, -0.15) is 0 Å². The van der Waals surface area contributed by atoms with Gasteiger partial charge in [0.2, 0.25) is 5.91 Å². The zero-order chi connectivity index (χ0) is 63.5. The Labute approximate surface area is 536 Å². The Kier molecular flexibility index (Phi) is 62.2. The third-order valence-electron chi connectivity index (χ3n) is 15.1. The van der Waals surface area contributed by atoms with Crippen molar-refractivity contribution in [1.29, 1.82) is 0 Å². The van der Waals surface area contributed by atoms with Crippen LogP contribution in [-0.4, -0.2) is 69.4 Å². The Morgan fingerprint density at radius 1 is 0.414 bits per heavy atom. The maximum absolute atomic E-state index is 13.6. The lowest BCUT2D eigenvalue weighted by Gasteiger charge is -2.30. The number of unbranched alkanes of at least 4 members (excludes halogenated alkanes) is 27. The second kappa shape index (κ2) is 65.1. The molecule has 0 bridgehead atoms. The van der Waals surface area contributed by atoms with Crippen molar-refractivity contribution in [1.82, 2.24) is 5.32 Å². The number of quaternary nitrogens is 1. The number of hydrogen-bond acceptors (Lipinski definition) is 7. The number of hydrogen-bond donors (Lipinski definition) is 1. The van der Waals surface area contributed by atoms with Crippen LogP contribution >= 0.6 is 7.82 Å². The molecular weight excluding hydrogens is 1100 g/mol. The zero-order valence-electron chi connectivity index (χ0n) is 56.9. The maximum Gasteiger partial charge on any atom is 0.306 e. The number of esters is 1. The van der Waals surface area contributed by atoms with Crippen molar-refractivity contribution in [3.63, 3.8) is 0 Å². The second-order valence-corrected chi connectivity index (χ2v) is 26.1. The number of nitrogens with zero attached hydrogens (tertiary/aromatic N) is 1. The first kappa shape index (κ1) is 83.2. The number of phosphoric acid groups is 1. The van der Waals surface area contributed by atoms with E-state index in [-0.39, 0.29) is 31.3 Å². The van der Waals surface area contributed by atoms with Gasteiger partial charge in [-0.1, -0.05) is 283 Å². The molecule has 0 aliphatic carbocycles. The lowest BCUT2D eigenvalue weighted by molar-refractivity contribution is -0.870. The fourth-order valence-corrected chi connectivity index (χ4v) is 10.3. The molecule has 10 heteroatoms. The number of allylic oxidation sites excluding steroid dienone is 21. The quantitative estimate of drug-likeness (QED) is 0.0212. The predicted molar refractivity (Wildman–Crippen MR) is 376 cm³/mol. The van der Waals surface area contributed by atoms with Gasteiger partial charge in [0.15, 0.2) is 0 Å². The Morgan fingerprint density at radius 2 is 0.736 bits per heavy atom. The van der Waals surface area contributed by atoms with E-state index in [0.717, 1.165) is 128 Å². The Morgan fingerprint density at radius 3 is 1.13 bits per heavy atom. The molecule has 0 aromatic heterocycles. The number of carbonyl (C=O) groups excluding carboxylic acids is 2. The van der Waals surface area contributed by atoms with Gasteiger partial charge < -0.3 is 28.5 Å². The topological polar surface area (TPSA) is 114 Å². The molecule has 1 N–H and O–H groups in total. The van der Waals surface area contributed by atoms with Crippen molar-refractivity contribution in [3.05, 3.63) is 134 Å². The molecule has 3 atom stereocenters. The molecule has 0 radical (unpaired) electrons. The monoisotopic (exact) mass is 1230 g/mol. The molecule has 0 spiro atoms. The lowest BCUT2D eigenvalue weighted by atomic mass is 10.0. The van der Waals surface area contributed by atoms with Gasteiger partial charge in [-0.05, 0) is 128 Å². The third kappa shape index (κ3) is 66.4. The number of ether oxygens (including phenoxy) is 1. The van der Waals surface area contributed by atoms with E-state index in [1.165, 1.54) is 116 Å². The summed E-state index contributed by atoms with van der Waals surface area (Å²) in [4.78, 5) is 40.2. The van der Waals surface area contributed by atoms with Gasteiger partial charge in [-0.3, -0.25) is 14.2 Å². The van der Waals surface area contributed by atoms with E-state index in [0.29, 0.717) is 23.9 Å². The van der Waals surface area contributed by atoms with Crippen molar-refractivity contribution in [2.45, 2.75) is 303 Å². The molecule has 3 unspecified atom stereocenters. The first-order chi connectivity index (χ1) is 42.4. The minimum absolute atomic E-state index is 0.0357. The summed E-state index contributed by atoms with van der Waals surface area (Å²) in [6, 6.07) is -0.916. The molecule has 0 saturated carbocycles. The van der Waals surface area contributed by atoms with Gasteiger partial charge in [-0.25, -0.2) is 0 Å². The molecule has 0 saturated heterocycles. The molecular formula is C77H133N2O7P. The summed E-state index contributed by atoms with van der Waals surface area (Å²) < 4.78 is 30.4. The molecule has 9 nitrogen and oxygen atoms in total. The number of amides is 1. The summed E-state index contributed by atoms with van der Waals surface area (Å²) >= 11 is 0. The number of likely N-dealkylation sites (N-methyl/N-ethyl adjacent to an activating group) is 1. The van der Waals surface area contributed by atoms with E-state index >= 15 is 0 Å². The fourth-order valence-electron chi connectivity index (χ4n) is 9.63.